The van der Waals surface area contributed by atoms with E-state index in [1.807, 2.05) is 0 Å². The second-order valence-electron chi connectivity index (χ2n) is 10.2. The average Bonchev–Trinajstić information content (AvgIpc) is 2.83. The number of urea groups is 1. The van der Waals surface area contributed by atoms with Crippen molar-refractivity contribution >= 4 is 17.6 Å². The zero-order valence-electron chi connectivity index (χ0n) is 21.8. The van der Waals surface area contributed by atoms with Crippen LogP contribution in [-0.4, -0.2) is 43.5 Å². The first kappa shape index (κ1) is 29.2. The van der Waals surface area contributed by atoms with Gasteiger partial charge < -0.3 is 16.0 Å². The fourth-order valence-electron chi connectivity index (χ4n) is 5.56. The molecular weight excluding hydrogens is 485 g/mol. The van der Waals surface area contributed by atoms with Crippen molar-refractivity contribution in [2.45, 2.75) is 96.3 Å². The van der Waals surface area contributed by atoms with Gasteiger partial charge in [0.05, 0.1) is 11.7 Å². The molecule has 6 N–H and O–H groups in total. The zero-order chi connectivity index (χ0) is 26.9. The van der Waals surface area contributed by atoms with Gasteiger partial charge in [-0.3, -0.25) is 20.7 Å². The van der Waals surface area contributed by atoms with Crippen LogP contribution >= 0.6 is 0 Å². The molecule has 1 saturated carbocycles. The molecule has 3 amide bonds. The molecule has 0 radical (unpaired) electrons. The predicted molar refractivity (Wildman–Crippen MR) is 138 cm³/mol. The normalized spacial score (nSPS) is 24.7. The summed E-state index contributed by atoms with van der Waals surface area (Å²) < 4.78 is 39.1. The summed E-state index contributed by atoms with van der Waals surface area (Å²) in [5.74, 6) is -0.0901. The maximum atomic E-state index is 13.0. The van der Waals surface area contributed by atoms with E-state index in [4.69, 9.17) is 0 Å². The quantitative estimate of drug-likeness (QED) is 0.311. The Morgan fingerprint density at radius 3 is 2.27 bits per heavy atom. The highest BCUT2D eigenvalue weighted by Gasteiger charge is 2.47. The van der Waals surface area contributed by atoms with Crippen LogP contribution in [0.5, 0.6) is 0 Å². The molecule has 1 heterocycles. The molecule has 3 unspecified atom stereocenters. The minimum absolute atomic E-state index is 0.0602. The van der Waals surface area contributed by atoms with Crippen LogP contribution in [0.2, 0.25) is 0 Å². The number of hydrogen-bond donors (Lipinski definition) is 6. The molecule has 1 aliphatic heterocycles. The minimum Gasteiger partial charge on any atom is -0.355 e. The number of benzene rings is 1. The van der Waals surface area contributed by atoms with Gasteiger partial charge in [-0.15, -0.1) is 0 Å². The van der Waals surface area contributed by atoms with Gasteiger partial charge in [0.1, 0.15) is 6.29 Å². The Morgan fingerprint density at radius 1 is 1.00 bits per heavy atom. The molecule has 0 bridgehead atoms. The standard InChI is InChI=1S/C26H41F3N6O2/c1-18-25(13-8-6-4-3-5-7-9-14-25)22(31-16-15-30-19(2)36)34-23(32-18)35-24(37)33-21-12-10-11-20(17-21)26(27,28)29/h10-12,17-18,22-23,31-32,34H,3-9,13-16H2,1-2H3,(H,30,36)(H2,33,35,37). The van der Waals surface area contributed by atoms with Crippen molar-refractivity contribution in [1.29, 1.82) is 0 Å². The number of alkyl halides is 3. The van der Waals surface area contributed by atoms with Crippen LogP contribution in [0.25, 0.3) is 0 Å². The van der Waals surface area contributed by atoms with Gasteiger partial charge in [0.25, 0.3) is 0 Å². The van der Waals surface area contributed by atoms with E-state index < -0.39 is 24.1 Å². The number of anilines is 1. The molecule has 1 aliphatic carbocycles. The van der Waals surface area contributed by atoms with E-state index in [9.17, 15) is 22.8 Å². The van der Waals surface area contributed by atoms with Gasteiger partial charge in [-0.2, -0.15) is 13.2 Å². The summed E-state index contributed by atoms with van der Waals surface area (Å²) in [5, 5.41) is 18.6. The number of halogens is 3. The lowest BCUT2D eigenvalue weighted by Gasteiger charge is -2.53. The molecule has 3 atom stereocenters. The van der Waals surface area contributed by atoms with E-state index in [1.54, 1.807) is 0 Å². The van der Waals surface area contributed by atoms with Crippen molar-refractivity contribution in [3.63, 3.8) is 0 Å². The Kier molecular flexibility index (Phi) is 10.6. The van der Waals surface area contributed by atoms with E-state index in [1.165, 1.54) is 51.2 Å². The fourth-order valence-corrected chi connectivity index (χ4v) is 5.56. The lowest BCUT2D eigenvalue weighted by molar-refractivity contribution is -0.137. The van der Waals surface area contributed by atoms with Gasteiger partial charge in [0, 0.05) is 37.2 Å². The Balaban J connectivity index is 1.69. The van der Waals surface area contributed by atoms with Crippen LogP contribution in [0.4, 0.5) is 23.7 Å². The summed E-state index contributed by atoms with van der Waals surface area (Å²) in [5.41, 5.74) is -0.859. The van der Waals surface area contributed by atoms with Gasteiger partial charge in [0.15, 0.2) is 0 Å². The molecule has 2 aliphatic rings. The Morgan fingerprint density at radius 2 is 1.65 bits per heavy atom. The van der Waals surface area contributed by atoms with Crippen LogP contribution < -0.4 is 31.9 Å². The van der Waals surface area contributed by atoms with E-state index in [0.717, 1.165) is 37.8 Å². The fraction of sp³-hybridized carbons (Fsp3) is 0.692. The number of carbonyl (C=O) groups is 2. The van der Waals surface area contributed by atoms with Crippen molar-refractivity contribution in [2.75, 3.05) is 18.4 Å². The summed E-state index contributed by atoms with van der Waals surface area (Å²) in [4.78, 5) is 24.0. The summed E-state index contributed by atoms with van der Waals surface area (Å²) in [6.45, 7) is 4.67. The summed E-state index contributed by atoms with van der Waals surface area (Å²) in [6.07, 6.45) is 5.21. The third-order valence-corrected chi connectivity index (χ3v) is 7.54. The lowest BCUT2D eigenvalue weighted by atomic mass is 9.68. The molecule has 1 aromatic carbocycles. The van der Waals surface area contributed by atoms with Crippen LogP contribution in [0.1, 0.15) is 77.2 Å². The monoisotopic (exact) mass is 526 g/mol. The number of amides is 3. The molecule has 37 heavy (non-hydrogen) atoms. The van der Waals surface area contributed by atoms with E-state index in [-0.39, 0.29) is 29.2 Å². The minimum atomic E-state index is -4.49. The van der Waals surface area contributed by atoms with Gasteiger partial charge >= 0.3 is 12.2 Å². The van der Waals surface area contributed by atoms with Crippen molar-refractivity contribution in [2.24, 2.45) is 5.41 Å². The Bertz CT molecular complexity index is 887. The molecular formula is C26H41F3N6O2. The SMILES string of the molecule is CC(=O)NCCNC1NC(NC(=O)Nc2cccc(C(F)(F)F)c2)NC(C)C12CCCCCCCCC2. The van der Waals surface area contributed by atoms with Crippen molar-refractivity contribution in [3.05, 3.63) is 29.8 Å². The third-order valence-electron chi connectivity index (χ3n) is 7.54. The van der Waals surface area contributed by atoms with E-state index in [0.29, 0.717) is 13.1 Å². The molecule has 0 aromatic heterocycles. The lowest BCUT2D eigenvalue weighted by Crippen LogP contribution is -2.75. The number of hydrogen-bond acceptors (Lipinski definition) is 5. The number of rotatable bonds is 6. The van der Waals surface area contributed by atoms with Crippen LogP contribution in [-0.2, 0) is 11.0 Å². The highest BCUT2D eigenvalue weighted by atomic mass is 19.4. The molecule has 1 aromatic rings. The second kappa shape index (κ2) is 13.4. The summed E-state index contributed by atoms with van der Waals surface area (Å²) in [6, 6.07) is 3.99. The highest BCUT2D eigenvalue weighted by molar-refractivity contribution is 5.89. The Hall–Kier alpha value is -2.37. The summed E-state index contributed by atoms with van der Waals surface area (Å²) in [7, 11) is 0. The first-order valence-electron chi connectivity index (χ1n) is 13.3. The third kappa shape index (κ3) is 8.58. The van der Waals surface area contributed by atoms with Crippen molar-refractivity contribution in [3.8, 4) is 0 Å². The van der Waals surface area contributed by atoms with Crippen LogP contribution in [0, 0.1) is 5.41 Å². The largest absolute Gasteiger partial charge is 0.416 e. The van der Waals surface area contributed by atoms with E-state index >= 15 is 0 Å². The van der Waals surface area contributed by atoms with Crippen LogP contribution in [0.3, 0.4) is 0 Å². The predicted octanol–water partition coefficient (Wildman–Crippen LogP) is 4.25. The van der Waals surface area contributed by atoms with Gasteiger partial charge in [-0.25, -0.2) is 4.79 Å². The molecule has 3 rings (SSSR count). The smallest absolute Gasteiger partial charge is 0.355 e. The second-order valence-corrected chi connectivity index (χ2v) is 10.2. The molecule has 208 valence electrons. The first-order valence-corrected chi connectivity index (χ1v) is 13.3. The van der Waals surface area contributed by atoms with Gasteiger partial charge in [-0.05, 0) is 38.0 Å². The number of carbonyl (C=O) groups excluding carboxylic acids is 2. The van der Waals surface area contributed by atoms with Crippen molar-refractivity contribution in [1.82, 2.24) is 26.6 Å². The van der Waals surface area contributed by atoms with E-state index in [2.05, 4.69) is 38.8 Å². The summed E-state index contributed by atoms with van der Waals surface area (Å²) >= 11 is 0. The topological polar surface area (TPSA) is 106 Å². The molecule has 8 nitrogen and oxygen atoms in total. The first-order chi connectivity index (χ1) is 17.6. The molecule has 1 spiro atoms. The molecule has 1 saturated heterocycles. The van der Waals surface area contributed by atoms with Crippen molar-refractivity contribution < 1.29 is 22.8 Å². The molecule has 11 heteroatoms. The zero-order valence-corrected chi connectivity index (χ0v) is 21.8. The maximum Gasteiger partial charge on any atom is 0.416 e. The average molecular weight is 527 g/mol. The number of nitrogens with one attached hydrogen (secondary N) is 6. The molecule has 2 fully saturated rings. The van der Waals surface area contributed by atoms with Gasteiger partial charge in [0.2, 0.25) is 5.91 Å². The van der Waals surface area contributed by atoms with Gasteiger partial charge in [-0.1, -0.05) is 51.0 Å². The highest BCUT2D eigenvalue weighted by Crippen LogP contribution is 2.41. The van der Waals surface area contributed by atoms with Crippen LogP contribution in [0.15, 0.2) is 24.3 Å². The maximum absolute atomic E-state index is 13.0. The Labute approximate surface area is 217 Å².